The maximum atomic E-state index is 6.31. The van der Waals surface area contributed by atoms with Crippen molar-refractivity contribution in [3.05, 3.63) is 30.2 Å². The highest BCUT2D eigenvalue weighted by Gasteiger charge is 2.36. The van der Waals surface area contributed by atoms with Crippen LogP contribution < -0.4 is 5.73 Å². The second-order valence-corrected chi connectivity index (χ2v) is 4.98. The van der Waals surface area contributed by atoms with Crippen LogP contribution in [0.25, 0.3) is 0 Å². The molecule has 2 aromatic rings. The first-order valence-electron chi connectivity index (χ1n) is 6.31. The monoisotopic (exact) mass is 247 g/mol. The standard InChI is InChI=1S/C12H17N5O/c1-9(17-8-4-7-14-17)10-15-11(16-18-10)12(13)5-2-3-6-12/h4,7-9H,2-3,5-6,13H2,1H3. The molecule has 1 unspecified atom stereocenters. The second kappa shape index (κ2) is 4.20. The van der Waals surface area contributed by atoms with E-state index in [9.17, 15) is 0 Å². The van der Waals surface area contributed by atoms with Crippen LogP contribution in [0.4, 0.5) is 0 Å². The van der Waals surface area contributed by atoms with Gasteiger partial charge < -0.3 is 10.3 Å². The summed E-state index contributed by atoms with van der Waals surface area (Å²) in [5.74, 6) is 1.19. The lowest BCUT2D eigenvalue weighted by atomic mass is 9.99. The van der Waals surface area contributed by atoms with Gasteiger partial charge in [0.1, 0.15) is 6.04 Å². The lowest BCUT2D eigenvalue weighted by Crippen LogP contribution is -2.34. The number of hydrogen-bond donors (Lipinski definition) is 1. The predicted octanol–water partition coefficient (Wildman–Crippen LogP) is 1.60. The quantitative estimate of drug-likeness (QED) is 0.890. The van der Waals surface area contributed by atoms with Crippen LogP contribution >= 0.6 is 0 Å². The van der Waals surface area contributed by atoms with E-state index in [0.29, 0.717) is 11.7 Å². The highest BCUT2D eigenvalue weighted by Crippen LogP contribution is 2.35. The summed E-state index contributed by atoms with van der Waals surface area (Å²) in [5.41, 5.74) is 5.91. The first kappa shape index (κ1) is 11.4. The van der Waals surface area contributed by atoms with Gasteiger partial charge in [-0.1, -0.05) is 18.0 Å². The van der Waals surface area contributed by atoms with Crippen LogP contribution in [0.2, 0.25) is 0 Å². The fraction of sp³-hybridized carbons (Fsp3) is 0.583. The highest BCUT2D eigenvalue weighted by atomic mass is 16.5. The van der Waals surface area contributed by atoms with Gasteiger partial charge in [0.25, 0.3) is 5.89 Å². The third kappa shape index (κ3) is 1.82. The van der Waals surface area contributed by atoms with Gasteiger partial charge in [-0.05, 0) is 25.8 Å². The molecule has 0 amide bonds. The number of hydrogen-bond acceptors (Lipinski definition) is 5. The summed E-state index contributed by atoms with van der Waals surface area (Å²) < 4.78 is 7.11. The molecule has 2 aromatic heterocycles. The Hall–Kier alpha value is -1.69. The lowest BCUT2D eigenvalue weighted by Gasteiger charge is -2.17. The zero-order valence-electron chi connectivity index (χ0n) is 10.4. The molecule has 0 aromatic carbocycles. The molecule has 0 bridgehead atoms. The van der Waals surface area contributed by atoms with Gasteiger partial charge in [-0.3, -0.25) is 4.68 Å². The molecule has 1 atom stereocenters. The van der Waals surface area contributed by atoms with E-state index in [2.05, 4.69) is 15.2 Å². The van der Waals surface area contributed by atoms with Gasteiger partial charge in [0.2, 0.25) is 0 Å². The molecule has 0 spiro atoms. The Morgan fingerprint density at radius 2 is 2.22 bits per heavy atom. The minimum Gasteiger partial charge on any atom is -0.337 e. The van der Waals surface area contributed by atoms with Gasteiger partial charge in [-0.25, -0.2) is 0 Å². The van der Waals surface area contributed by atoms with Crippen molar-refractivity contribution in [3.63, 3.8) is 0 Å². The van der Waals surface area contributed by atoms with Gasteiger partial charge in [-0.15, -0.1) is 0 Å². The summed E-state index contributed by atoms with van der Waals surface area (Å²) in [5, 5.41) is 8.22. The molecule has 2 heterocycles. The Morgan fingerprint density at radius 3 is 2.89 bits per heavy atom. The zero-order valence-corrected chi connectivity index (χ0v) is 10.4. The molecule has 0 aliphatic heterocycles. The normalized spacial score (nSPS) is 20.1. The lowest BCUT2D eigenvalue weighted by molar-refractivity contribution is 0.322. The summed E-state index contributed by atoms with van der Waals surface area (Å²) in [6, 6.07) is 1.81. The minimum absolute atomic E-state index is 0.0637. The van der Waals surface area contributed by atoms with E-state index < -0.39 is 5.54 Å². The van der Waals surface area contributed by atoms with Crippen LogP contribution in [0.5, 0.6) is 0 Å². The Balaban J connectivity index is 1.85. The summed E-state index contributed by atoms with van der Waals surface area (Å²) in [6.45, 7) is 1.97. The van der Waals surface area contributed by atoms with E-state index >= 15 is 0 Å². The fourth-order valence-electron chi connectivity index (χ4n) is 2.46. The molecule has 96 valence electrons. The van der Waals surface area contributed by atoms with Crippen molar-refractivity contribution < 1.29 is 4.52 Å². The van der Waals surface area contributed by atoms with Gasteiger partial charge in [0.15, 0.2) is 5.82 Å². The summed E-state index contributed by atoms with van der Waals surface area (Å²) >= 11 is 0. The molecule has 1 aliphatic rings. The van der Waals surface area contributed by atoms with Crippen molar-refractivity contribution in [2.45, 2.75) is 44.2 Å². The first-order chi connectivity index (χ1) is 8.69. The van der Waals surface area contributed by atoms with Gasteiger partial charge >= 0.3 is 0 Å². The molecule has 1 fully saturated rings. The number of rotatable bonds is 3. The van der Waals surface area contributed by atoms with Gasteiger partial charge in [0.05, 0.1) is 5.54 Å². The van der Waals surface area contributed by atoms with Crippen molar-refractivity contribution in [2.24, 2.45) is 5.73 Å². The van der Waals surface area contributed by atoms with Gasteiger partial charge in [-0.2, -0.15) is 10.1 Å². The molecule has 1 saturated carbocycles. The van der Waals surface area contributed by atoms with Crippen LogP contribution in [0, 0.1) is 0 Å². The van der Waals surface area contributed by atoms with Crippen LogP contribution in [0.1, 0.15) is 50.4 Å². The number of nitrogens with zero attached hydrogens (tertiary/aromatic N) is 4. The molecule has 3 rings (SSSR count). The maximum absolute atomic E-state index is 6.31. The van der Waals surface area contributed by atoms with Crippen molar-refractivity contribution in [2.75, 3.05) is 0 Å². The fourth-order valence-corrected chi connectivity index (χ4v) is 2.46. The summed E-state index contributed by atoms with van der Waals surface area (Å²) in [6.07, 6.45) is 7.74. The smallest absolute Gasteiger partial charge is 0.251 e. The van der Waals surface area contributed by atoms with Crippen LogP contribution in [-0.2, 0) is 5.54 Å². The van der Waals surface area contributed by atoms with Gasteiger partial charge in [0, 0.05) is 12.4 Å². The Bertz CT molecular complexity index is 512. The molecule has 18 heavy (non-hydrogen) atoms. The molecule has 2 N–H and O–H groups in total. The molecular formula is C12H17N5O. The van der Waals surface area contributed by atoms with Crippen molar-refractivity contribution in [1.29, 1.82) is 0 Å². The van der Waals surface area contributed by atoms with Crippen molar-refractivity contribution in [1.82, 2.24) is 19.9 Å². The topological polar surface area (TPSA) is 82.8 Å². The van der Waals surface area contributed by atoms with E-state index in [-0.39, 0.29) is 6.04 Å². The third-order valence-electron chi connectivity index (χ3n) is 3.66. The van der Waals surface area contributed by atoms with Crippen LogP contribution in [0.15, 0.2) is 23.0 Å². The Labute approximate surface area is 105 Å². The molecule has 0 saturated heterocycles. The van der Waals surface area contributed by atoms with Crippen LogP contribution in [-0.4, -0.2) is 19.9 Å². The molecular weight excluding hydrogens is 230 g/mol. The maximum Gasteiger partial charge on any atom is 0.251 e. The Kier molecular flexibility index (Phi) is 2.66. The van der Waals surface area contributed by atoms with E-state index in [1.807, 2.05) is 19.2 Å². The average molecular weight is 247 g/mol. The molecule has 1 aliphatic carbocycles. The third-order valence-corrected chi connectivity index (χ3v) is 3.66. The first-order valence-corrected chi connectivity index (χ1v) is 6.31. The Morgan fingerprint density at radius 1 is 1.44 bits per heavy atom. The van der Waals surface area contributed by atoms with Crippen molar-refractivity contribution in [3.8, 4) is 0 Å². The second-order valence-electron chi connectivity index (χ2n) is 4.98. The van der Waals surface area contributed by atoms with Crippen molar-refractivity contribution >= 4 is 0 Å². The van der Waals surface area contributed by atoms with E-state index in [1.54, 1.807) is 10.9 Å². The highest BCUT2D eigenvalue weighted by molar-refractivity contribution is 5.07. The molecule has 6 heteroatoms. The van der Waals surface area contributed by atoms with E-state index in [0.717, 1.165) is 25.7 Å². The molecule has 6 nitrogen and oxygen atoms in total. The summed E-state index contributed by atoms with van der Waals surface area (Å²) in [4.78, 5) is 4.46. The SMILES string of the molecule is CC(c1nc(C2(N)CCCC2)no1)n1cccn1. The number of aromatic nitrogens is 4. The van der Waals surface area contributed by atoms with Crippen LogP contribution in [0.3, 0.4) is 0 Å². The largest absolute Gasteiger partial charge is 0.337 e. The number of nitrogens with two attached hydrogens (primary N) is 1. The van der Waals surface area contributed by atoms with E-state index in [1.165, 1.54) is 0 Å². The summed E-state index contributed by atoms with van der Waals surface area (Å²) in [7, 11) is 0. The van der Waals surface area contributed by atoms with E-state index in [4.69, 9.17) is 10.3 Å². The molecule has 0 radical (unpaired) electrons. The average Bonchev–Trinajstić information content (AvgIpc) is 3.10. The predicted molar refractivity (Wildman–Crippen MR) is 64.7 cm³/mol. The minimum atomic E-state index is -0.397. The zero-order chi connectivity index (χ0) is 12.6.